The van der Waals surface area contributed by atoms with Gasteiger partial charge in [-0.1, -0.05) is 30.0 Å². The average molecular weight is 433 g/mol. The third-order valence-electron chi connectivity index (χ3n) is 4.51. The summed E-state index contributed by atoms with van der Waals surface area (Å²) in [5, 5.41) is 3.12. The minimum absolute atomic E-state index is 0.138. The second-order valence-electron chi connectivity index (χ2n) is 6.65. The molecule has 0 atom stereocenters. The van der Waals surface area contributed by atoms with Crippen LogP contribution in [0.5, 0.6) is 0 Å². The fourth-order valence-corrected chi connectivity index (χ4v) is 4.61. The van der Waals surface area contributed by atoms with E-state index in [9.17, 15) is 4.79 Å². The SMILES string of the molecule is Cc1ccnc(-n2c(SCc3coc(-c4cccs4)n3)nc3ccccc3c2=O)c1. The molecule has 0 aliphatic rings. The zero-order valence-electron chi connectivity index (χ0n) is 16.0. The highest BCUT2D eigenvalue weighted by atomic mass is 32.2. The number of hydrogen-bond acceptors (Lipinski definition) is 7. The van der Waals surface area contributed by atoms with Gasteiger partial charge in [0.2, 0.25) is 5.89 Å². The van der Waals surface area contributed by atoms with Gasteiger partial charge in [-0.25, -0.2) is 19.5 Å². The van der Waals surface area contributed by atoms with Crippen molar-refractivity contribution < 1.29 is 4.42 Å². The smallest absolute Gasteiger partial charge is 0.267 e. The van der Waals surface area contributed by atoms with Crippen LogP contribution in [0.3, 0.4) is 0 Å². The Bertz CT molecular complexity index is 1390. The van der Waals surface area contributed by atoms with Crippen LogP contribution in [0.4, 0.5) is 0 Å². The lowest BCUT2D eigenvalue weighted by atomic mass is 10.2. The van der Waals surface area contributed by atoms with Crippen molar-refractivity contribution in [2.45, 2.75) is 17.8 Å². The molecule has 0 aliphatic heterocycles. The van der Waals surface area contributed by atoms with Crippen molar-refractivity contribution in [2.24, 2.45) is 0 Å². The third-order valence-corrected chi connectivity index (χ3v) is 6.34. The van der Waals surface area contributed by atoms with Gasteiger partial charge in [-0.15, -0.1) is 11.3 Å². The van der Waals surface area contributed by atoms with E-state index >= 15 is 0 Å². The number of fused-ring (bicyclic) bond motifs is 1. The highest BCUT2D eigenvalue weighted by molar-refractivity contribution is 7.98. The molecule has 5 rings (SSSR count). The highest BCUT2D eigenvalue weighted by Crippen LogP contribution is 2.27. The summed E-state index contributed by atoms with van der Waals surface area (Å²) in [7, 11) is 0. The Kier molecular flexibility index (Phi) is 4.94. The Labute approximate surface area is 180 Å². The molecule has 0 fully saturated rings. The van der Waals surface area contributed by atoms with Crippen molar-refractivity contribution in [1.82, 2.24) is 19.5 Å². The van der Waals surface area contributed by atoms with Gasteiger partial charge in [-0.2, -0.15) is 0 Å². The van der Waals surface area contributed by atoms with E-state index in [-0.39, 0.29) is 5.56 Å². The number of oxazole rings is 1. The van der Waals surface area contributed by atoms with Crippen LogP contribution in [0.25, 0.3) is 27.5 Å². The molecule has 0 N–H and O–H groups in total. The summed E-state index contributed by atoms with van der Waals surface area (Å²) < 4.78 is 7.18. The van der Waals surface area contributed by atoms with E-state index < -0.39 is 0 Å². The minimum Gasteiger partial charge on any atom is -0.444 e. The molecule has 30 heavy (non-hydrogen) atoms. The molecule has 4 heterocycles. The standard InChI is InChI=1S/C22H16N4O2S2/c1-14-8-9-23-19(11-14)26-21(27)16-5-2-3-6-17(16)25-22(26)30-13-15-12-28-20(24-15)18-7-4-10-29-18/h2-12H,13H2,1H3. The largest absolute Gasteiger partial charge is 0.444 e. The molecule has 148 valence electrons. The predicted molar refractivity (Wildman–Crippen MR) is 119 cm³/mol. The fourth-order valence-electron chi connectivity index (χ4n) is 3.08. The van der Waals surface area contributed by atoms with Crippen LogP contribution in [0, 0.1) is 6.92 Å². The quantitative estimate of drug-likeness (QED) is 0.284. The van der Waals surface area contributed by atoms with Gasteiger partial charge in [0, 0.05) is 11.9 Å². The molecule has 8 heteroatoms. The number of hydrogen-bond donors (Lipinski definition) is 0. The van der Waals surface area contributed by atoms with Crippen molar-refractivity contribution in [2.75, 3.05) is 0 Å². The lowest BCUT2D eigenvalue weighted by Gasteiger charge is -2.12. The summed E-state index contributed by atoms with van der Waals surface area (Å²) in [5.41, 5.74) is 2.33. The van der Waals surface area contributed by atoms with Crippen molar-refractivity contribution in [3.05, 3.63) is 88.0 Å². The van der Waals surface area contributed by atoms with E-state index in [1.54, 1.807) is 34.4 Å². The van der Waals surface area contributed by atoms with Crippen LogP contribution in [0.15, 0.2) is 80.7 Å². The first-order chi connectivity index (χ1) is 14.7. The molecule has 0 radical (unpaired) electrons. The van der Waals surface area contributed by atoms with E-state index in [1.807, 2.05) is 54.8 Å². The number of thioether (sulfide) groups is 1. The Morgan fingerprint density at radius 3 is 2.87 bits per heavy atom. The Morgan fingerprint density at radius 1 is 1.13 bits per heavy atom. The van der Waals surface area contributed by atoms with E-state index in [4.69, 9.17) is 9.40 Å². The number of nitrogens with zero attached hydrogens (tertiary/aromatic N) is 4. The van der Waals surface area contributed by atoms with E-state index in [1.165, 1.54) is 11.8 Å². The Morgan fingerprint density at radius 2 is 2.03 bits per heavy atom. The van der Waals surface area contributed by atoms with Gasteiger partial charge in [-0.05, 0) is 48.2 Å². The molecule has 0 saturated heterocycles. The summed E-state index contributed by atoms with van der Waals surface area (Å²) >= 11 is 3.01. The summed E-state index contributed by atoms with van der Waals surface area (Å²) in [4.78, 5) is 28.0. The van der Waals surface area contributed by atoms with Gasteiger partial charge in [0.15, 0.2) is 5.16 Å². The molecular formula is C22H16N4O2S2. The van der Waals surface area contributed by atoms with Crippen molar-refractivity contribution in [3.8, 4) is 16.6 Å². The summed E-state index contributed by atoms with van der Waals surface area (Å²) in [5.74, 6) is 1.68. The predicted octanol–water partition coefficient (Wildman–Crippen LogP) is 5.10. The zero-order chi connectivity index (χ0) is 20.5. The Balaban J connectivity index is 1.54. The van der Waals surface area contributed by atoms with Crippen molar-refractivity contribution in [1.29, 1.82) is 0 Å². The van der Waals surface area contributed by atoms with E-state index in [0.29, 0.717) is 33.5 Å². The maximum atomic E-state index is 13.3. The monoisotopic (exact) mass is 432 g/mol. The number of aromatic nitrogens is 4. The number of thiophene rings is 1. The maximum Gasteiger partial charge on any atom is 0.267 e. The normalized spacial score (nSPS) is 11.2. The highest BCUT2D eigenvalue weighted by Gasteiger charge is 2.16. The topological polar surface area (TPSA) is 73.8 Å². The van der Waals surface area contributed by atoms with Gasteiger partial charge in [0.25, 0.3) is 5.56 Å². The first-order valence-electron chi connectivity index (χ1n) is 9.25. The van der Waals surface area contributed by atoms with Gasteiger partial charge < -0.3 is 4.42 Å². The lowest BCUT2D eigenvalue weighted by molar-refractivity contribution is 0.575. The molecule has 0 bridgehead atoms. The van der Waals surface area contributed by atoms with Crippen LogP contribution < -0.4 is 5.56 Å². The number of pyridine rings is 1. The van der Waals surface area contributed by atoms with Crippen molar-refractivity contribution >= 4 is 34.0 Å². The average Bonchev–Trinajstić information content (AvgIpc) is 3.44. The minimum atomic E-state index is -0.138. The molecule has 5 aromatic rings. The van der Waals surface area contributed by atoms with Gasteiger partial charge in [-0.3, -0.25) is 4.79 Å². The lowest BCUT2D eigenvalue weighted by Crippen LogP contribution is -2.22. The molecule has 6 nitrogen and oxygen atoms in total. The second kappa shape index (κ2) is 7.89. The molecule has 0 amide bonds. The first-order valence-corrected chi connectivity index (χ1v) is 11.1. The molecule has 0 unspecified atom stereocenters. The van der Waals surface area contributed by atoms with Crippen molar-refractivity contribution in [3.63, 3.8) is 0 Å². The van der Waals surface area contributed by atoms with Gasteiger partial charge in [0.1, 0.15) is 12.1 Å². The second-order valence-corrected chi connectivity index (χ2v) is 8.54. The molecule has 0 aliphatic carbocycles. The van der Waals surface area contributed by atoms with Gasteiger partial charge in [0.05, 0.1) is 21.5 Å². The molecule has 4 aromatic heterocycles. The van der Waals surface area contributed by atoms with Crippen LogP contribution in [0.2, 0.25) is 0 Å². The number of para-hydroxylation sites is 1. The number of aryl methyl sites for hydroxylation is 1. The van der Waals surface area contributed by atoms with Crippen LogP contribution in [-0.2, 0) is 5.75 Å². The summed E-state index contributed by atoms with van der Waals surface area (Å²) in [6.07, 6.45) is 3.35. The molecular weight excluding hydrogens is 416 g/mol. The van der Waals surface area contributed by atoms with E-state index in [2.05, 4.69) is 9.97 Å². The summed E-state index contributed by atoms with van der Waals surface area (Å²) in [6, 6.07) is 15.1. The maximum absolute atomic E-state index is 13.3. The Hall–Kier alpha value is -3.23. The van der Waals surface area contributed by atoms with Crippen LogP contribution in [0.1, 0.15) is 11.3 Å². The van der Waals surface area contributed by atoms with Crippen LogP contribution >= 0.6 is 23.1 Å². The fraction of sp³-hybridized carbons (Fsp3) is 0.0909. The zero-order valence-corrected chi connectivity index (χ0v) is 17.6. The number of benzene rings is 1. The first kappa shape index (κ1) is 18.8. The van der Waals surface area contributed by atoms with E-state index in [0.717, 1.165) is 16.1 Å². The molecule has 0 saturated carbocycles. The molecule has 0 spiro atoms. The molecule has 1 aromatic carbocycles. The summed E-state index contributed by atoms with van der Waals surface area (Å²) in [6.45, 7) is 1.97. The third kappa shape index (κ3) is 3.55. The van der Waals surface area contributed by atoms with Crippen LogP contribution in [-0.4, -0.2) is 19.5 Å². The number of rotatable bonds is 5. The van der Waals surface area contributed by atoms with Gasteiger partial charge >= 0.3 is 0 Å².